The maximum atomic E-state index is 12.4. The summed E-state index contributed by atoms with van der Waals surface area (Å²) in [6.45, 7) is 3.79. The van der Waals surface area contributed by atoms with Gasteiger partial charge in [0.1, 0.15) is 6.54 Å². The monoisotopic (exact) mass is 408 g/mol. The highest BCUT2D eigenvalue weighted by Crippen LogP contribution is 2.26. The van der Waals surface area contributed by atoms with E-state index in [4.69, 9.17) is 0 Å². The Bertz CT molecular complexity index is 1230. The zero-order valence-corrected chi connectivity index (χ0v) is 16.4. The van der Waals surface area contributed by atoms with E-state index in [1.165, 1.54) is 34.9 Å². The van der Waals surface area contributed by atoms with Gasteiger partial charge in [-0.2, -0.15) is 0 Å². The highest BCUT2D eigenvalue weighted by Gasteiger charge is 2.18. The number of aromatic nitrogens is 5. The molecular weight excluding hydrogens is 392 g/mol. The van der Waals surface area contributed by atoms with E-state index >= 15 is 0 Å². The largest absolute Gasteiger partial charge is 0.442 e. The van der Waals surface area contributed by atoms with Crippen molar-refractivity contribution in [3.8, 4) is 22.9 Å². The lowest BCUT2D eigenvalue weighted by atomic mass is 10.1. The van der Waals surface area contributed by atoms with Gasteiger partial charge in [0.05, 0.1) is 5.69 Å². The fourth-order valence-electron chi connectivity index (χ4n) is 2.65. The van der Waals surface area contributed by atoms with Crippen LogP contribution in [-0.4, -0.2) is 30.6 Å². The number of rotatable bonds is 5. The molecule has 0 aliphatic rings. The van der Waals surface area contributed by atoms with Crippen molar-refractivity contribution in [2.24, 2.45) is 0 Å². The minimum atomic E-state index is -0.766. The Morgan fingerprint density at radius 3 is 2.76 bits per heavy atom. The topological polar surface area (TPSA) is 116 Å². The summed E-state index contributed by atoms with van der Waals surface area (Å²) < 4.78 is 5.74. The molecule has 146 valence electrons. The number of hydrogen-bond donors (Lipinski definition) is 1. The van der Waals surface area contributed by atoms with Crippen molar-refractivity contribution in [3.05, 3.63) is 63.7 Å². The summed E-state index contributed by atoms with van der Waals surface area (Å²) >= 11 is 1.31. The van der Waals surface area contributed by atoms with Crippen LogP contribution >= 0.6 is 11.3 Å². The van der Waals surface area contributed by atoms with Gasteiger partial charge in [0.2, 0.25) is 11.7 Å². The van der Waals surface area contributed by atoms with Crippen LogP contribution in [0.1, 0.15) is 11.1 Å². The van der Waals surface area contributed by atoms with E-state index in [1.807, 2.05) is 31.4 Å². The predicted molar refractivity (Wildman–Crippen MR) is 107 cm³/mol. The van der Waals surface area contributed by atoms with Crippen LogP contribution in [0.4, 0.5) is 5.13 Å². The number of carbonyl (C=O) groups is 1. The second-order valence-corrected chi connectivity index (χ2v) is 7.17. The van der Waals surface area contributed by atoms with Crippen molar-refractivity contribution < 1.29 is 9.32 Å². The first kappa shape index (κ1) is 18.7. The Labute approximate surface area is 169 Å². The third kappa shape index (κ3) is 3.97. The normalized spacial score (nSPS) is 10.8. The fourth-order valence-corrected chi connectivity index (χ4v) is 3.39. The first-order chi connectivity index (χ1) is 14.0. The zero-order chi connectivity index (χ0) is 20.4. The summed E-state index contributed by atoms with van der Waals surface area (Å²) in [4.78, 5) is 36.9. The van der Waals surface area contributed by atoms with Gasteiger partial charge < -0.3 is 5.32 Å². The highest BCUT2D eigenvalue weighted by molar-refractivity contribution is 7.14. The second kappa shape index (κ2) is 7.76. The average molecular weight is 408 g/mol. The van der Waals surface area contributed by atoms with Crippen LogP contribution < -0.4 is 11.1 Å². The molecule has 0 atom stereocenters. The van der Waals surface area contributed by atoms with E-state index in [2.05, 4.69) is 36.0 Å². The highest BCUT2D eigenvalue weighted by atomic mass is 32.1. The minimum Gasteiger partial charge on any atom is -0.300 e. The summed E-state index contributed by atoms with van der Waals surface area (Å²) in [7, 11) is 0. The lowest BCUT2D eigenvalue weighted by Crippen LogP contribution is -2.25. The van der Waals surface area contributed by atoms with Gasteiger partial charge in [0.25, 0.3) is 0 Å². The molecule has 9 nitrogen and oxygen atoms in total. The van der Waals surface area contributed by atoms with E-state index in [0.29, 0.717) is 5.13 Å². The predicted octanol–water partition coefficient (Wildman–Crippen LogP) is 2.67. The van der Waals surface area contributed by atoms with Crippen LogP contribution in [0, 0.1) is 13.8 Å². The molecule has 0 aliphatic heterocycles. The third-order valence-corrected chi connectivity index (χ3v) is 5.06. The number of aryl methyl sites for hydroxylation is 2. The van der Waals surface area contributed by atoms with E-state index in [9.17, 15) is 9.59 Å². The Morgan fingerprint density at radius 2 is 2.00 bits per heavy atom. The van der Waals surface area contributed by atoms with Gasteiger partial charge in [-0.3, -0.25) is 9.32 Å². The fraction of sp³-hybridized carbons (Fsp3) is 0.158. The number of thiazole rings is 1. The molecule has 0 spiro atoms. The molecule has 3 aromatic heterocycles. The lowest BCUT2D eigenvalue weighted by Gasteiger charge is -2.04. The molecule has 1 N–H and O–H groups in total. The van der Waals surface area contributed by atoms with Gasteiger partial charge in [0.15, 0.2) is 11.0 Å². The van der Waals surface area contributed by atoms with Crippen LogP contribution in [0.5, 0.6) is 0 Å². The van der Waals surface area contributed by atoms with E-state index in [-0.39, 0.29) is 18.2 Å². The number of hydrogen-bond acceptors (Lipinski definition) is 8. The van der Waals surface area contributed by atoms with Crippen LogP contribution in [0.15, 0.2) is 51.4 Å². The number of nitrogens with one attached hydrogen (secondary N) is 1. The van der Waals surface area contributed by atoms with Gasteiger partial charge >= 0.3 is 5.76 Å². The first-order valence-corrected chi connectivity index (χ1v) is 9.56. The molecule has 4 rings (SSSR count). The van der Waals surface area contributed by atoms with Gasteiger partial charge in [-0.05, 0) is 37.1 Å². The van der Waals surface area contributed by atoms with E-state index in [1.54, 1.807) is 6.07 Å². The maximum Gasteiger partial charge on any atom is 0.442 e. The molecule has 0 bridgehead atoms. The van der Waals surface area contributed by atoms with Crippen molar-refractivity contribution in [2.75, 3.05) is 5.32 Å². The number of anilines is 1. The molecule has 1 amide bonds. The molecule has 29 heavy (non-hydrogen) atoms. The molecule has 0 radical (unpaired) electrons. The van der Waals surface area contributed by atoms with Crippen molar-refractivity contribution in [1.29, 1.82) is 0 Å². The number of nitrogens with zero attached hydrogens (tertiary/aromatic N) is 5. The smallest absolute Gasteiger partial charge is 0.300 e. The first-order valence-electron chi connectivity index (χ1n) is 8.68. The standard InChI is InChI=1S/C19H16N6O3S/c1-11-4-5-13(8-12(11)2)14-10-29-18(22-14)23-15(26)9-25-17(24-28-19(25)27)16-20-6-3-7-21-16/h3-8,10H,9H2,1-2H3,(H,22,23,26). The molecular formula is C19H16N6O3S. The Hall–Kier alpha value is -3.66. The summed E-state index contributed by atoms with van der Waals surface area (Å²) in [5.74, 6) is -0.927. The van der Waals surface area contributed by atoms with Gasteiger partial charge in [-0.25, -0.2) is 24.3 Å². The van der Waals surface area contributed by atoms with Crippen molar-refractivity contribution >= 4 is 22.4 Å². The van der Waals surface area contributed by atoms with Crippen molar-refractivity contribution in [2.45, 2.75) is 20.4 Å². The average Bonchev–Trinajstić information content (AvgIpc) is 3.32. The summed E-state index contributed by atoms with van der Waals surface area (Å²) in [5.41, 5.74) is 4.12. The number of amides is 1. The SMILES string of the molecule is Cc1ccc(-c2csc(NC(=O)Cn3c(-c4ncccn4)noc3=O)n2)cc1C. The second-order valence-electron chi connectivity index (χ2n) is 6.32. The zero-order valence-electron chi connectivity index (χ0n) is 15.6. The quantitative estimate of drug-likeness (QED) is 0.540. The lowest BCUT2D eigenvalue weighted by molar-refractivity contribution is -0.116. The molecule has 3 heterocycles. The molecule has 0 unspecified atom stereocenters. The maximum absolute atomic E-state index is 12.4. The van der Waals surface area contributed by atoms with Crippen LogP contribution in [0.25, 0.3) is 22.9 Å². The summed E-state index contributed by atoms with van der Waals surface area (Å²) in [5, 5.41) is 8.67. The minimum absolute atomic E-state index is 0.0840. The Kier molecular flexibility index (Phi) is 5.00. The Morgan fingerprint density at radius 1 is 1.21 bits per heavy atom. The van der Waals surface area contributed by atoms with Crippen LogP contribution in [0.3, 0.4) is 0 Å². The molecule has 0 aliphatic carbocycles. The van der Waals surface area contributed by atoms with Crippen LogP contribution in [-0.2, 0) is 11.3 Å². The molecule has 10 heteroatoms. The van der Waals surface area contributed by atoms with Crippen LogP contribution in [0.2, 0.25) is 0 Å². The van der Waals surface area contributed by atoms with Crippen molar-refractivity contribution in [1.82, 2.24) is 24.7 Å². The molecule has 0 saturated heterocycles. The van der Waals surface area contributed by atoms with E-state index in [0.717, 1.165) is 15.8 Å². The molecule has 0 fully saturated rings. The Balaban J connectivity index is 1.50. The van der Waals surface area contributed by atoms with Crippen molar-refractivity contribution in [3.63, 3.8) is 0 Å². The molecule has 4 aromatic rings. The van der Waals surface area contributed by atoms with Gasteiger partial charge in [-0.1, -0.05) is 17.3 Å². The van der Waals surface area contributed by atoms with Gasteiger partial charge in [0, 0.05) is 23.3 Å². The molecule has 0 saturated carbocycles. The molecule has 1 aromatic carbocycles. The number of benzene rings is 1. The summed E-state index contributed by atoms with van der Waals surface area (Å²) in [6, 6.07) is 7.72. The van der Waals surface area contributed by atoms with E-state index < -0.39 is 11.7 Å². The number of carbonyl (C=O) groups excluding carboxylic acids is 1. The third-order valence-electron chi connectivity index (χ3n) is 4.31. The summed E-state index contributed by atoms with van der Waals surface area (Å²) in [6.07, 6.45) is 3.02. The van der Waals surface area contributed by atoms with Gasteiger partial charge in [-0.15, -0.1) is 11.3 Å².